The Balaban J connectivity index is 2.17. The Morgan fingerprint density at radius 3 is 0.603 bits per heavy atom. The van der Waals surface area contributed by atoms with Crippen molar-refractivity contribution >= 4 is 0 Å². The summed E-state index contributed by atoms with van der Waals surface area (Å²) in [5.74, 6) is 0. The third-order valence-corrected chi connectivity index (χ3v) is 13.8. The largest absolute Gasteiger partial charge is 0.356 e. The highest BCUT2D eigenvalue weighted by Gasteiger charge is 2.25. The van der Waals surface area contributed by atoms with E-state index in [0.29, 0.717) is 6.17 Å². The van der Waals surface area contributed by atoms with Gasteiger partial charge in [-0.15, -0.1) is 0 Å². The van der Waals surface area contributed by atoms with E-state index in [9.17, 15) is 0 Å². The molecule has 0 bridgehead atoms. The number of rotatable bonds is 50. The standard InChI is InChI=1S/C56H112N2/c1-4-7-10-13-16-19-22-25-27-29-31-34-37-40-43-46-49-52-57-54-55-58(56(57)51-48-45-42-39-36-33-24-21-18-15-12-9-6-3)53-50-47-44-41-38-35-32-30-28-26-23-20-17-14-11-8-5-2/h54-56H,4-53H2,1-3H3. The summed E-state index contributed by atoms with van der Waals surface area (Å²) in [6.45, 7) is 9.50. The SMILES string of the molecule is CCCCCCCCCCCCCCCCCCCN1C=CN(CCCCCCCCCCCCCCCCCCC)C1CCCCCCCCCCCCCCC. The first kappa shape index (κ1) is 55.4. The lowest BCUT2D eigenvalue weighted by molar-refractivity contribution is 0.135. The monoisotopic (exact) mass is 813 g/mol. The molecule has 0 radical (unpaired) electrons. The van der Waals surface area contributed by atoms with Crippen molar-refractivity contribution in [3.63, 3.8) is 0 Å². The summed E-state index contributed by atoms with van der Waals surface area (Å²) in [7, 11) is 0. The second-order valence-electron chi connectivity index (χ2n) is 19.6. The number of nitrogens with zero attached hydrogens (tertiary/aromatic N) is 2. The highest BCUT2D eigenvalue weighted by molar-refractivity contribution is 4.97. The lowest BCUT2D eigenvalue weighted by atomic mass is 10.0. The number of unbranched alkanes of at least 4 members (excludes halogenated alkanes) is 44. The van der Waals surface area contributed by atoms with Crippen molar-refractivity contribution in [3.05, 3.63) is 12.4 Å². The van der Waals surface area contributed by atoms with E-state index in [2.05, 4.69) is 43.0 Å². The van der Waals surface area contributed by atoms with Crippen molar-refractivity contribution in [2.45, 2.75) is 335 Å². The topological polar surface area (TPSA) is 6.48 Å². The molecule has 0 saturated carbocycles. The molecule has 58 heavy (non-hydrogen) atoms. The van der Waals surface area contributed by atoms with Crippen molar-refractivity contribution < 1.29 is 0 Å². The molecule has 2 nitrogen and oxygen atoms in total. The van der Waals surface area contributed by atoms with Crippen molar-refractivity contribution in [1.29, 1.82) is 0 Å². The molecule has 1 heterocycles. The van der Waals surface area contributed by atoms with Crippen LogP contribution in [0.4, 0.5) is 0 Å². The molecule has 0 unspecified atom stereocenters. The van der Waals surface area contributed by atoms with E-state index in [-0.39, 0.29) is 0 Å². The van der Waals surface area contributed by atoms with Gasteiger partial charge in [-0.3, -0.25) is 0 Å². The third kappa shape index (κ3) is 38.3. The van der Waals surface area contributed by atoms with E-state index in [4.69, 9.17) is 0 Å². The van der Waals surface area contributed by atoms with Gasteiger partial charge in [0.2, 0.25) is 0 Å². The van der Waals surface area contributed by atoms with Crippen LogP contribution in [0.25, 0.3) is 0 Å². The van der Waals surface area contributed by atoms with Gasteiger partial charge in [-0.25, -0.2) is 0 Å². The van der Waals surface area contributed by atoms with Gasteiger partial charge in [0.1, 0.15) is 6.17 Å². The molecule has 0 aromatic rings. The fraction of sp³-hybridized carbons (Fsp3) is 0.964. The molecule has 0 N–H and O–H groups in total. The Bertz CT molecular complexity index is 729. The van der Waals surface area contributed by atoms with Crippen LogP contribution in [0.2, 0.25) is 0 Å². The van der Waals surface area contributed by atoms with Crippen LogP contribution in [0.15, 0.2) is 12.4 Å². The van der Waals surface area contributed by atoms with E-state index in [1.165, 1.54) is 321 Å². The van der Waals surface area contributed by atoms with Crippen LogP contribution in [0.5, 0.6) is 0 Å². The third-order valence-electron chi connectivity index (χ3n) is 13.8. The zero-order chi connectivity index (χ0) is 41.5. The maximum Gasteiger partial charge on any atom is 0.101 e. The molecule has 1 aliphatic heterocycles. The van der Waals surface area contributed by atoms with Gasteiger partial charge >= 0.3 is 0 Å². The minimum atomic E-state index is 0.634. The van der Waals surface area contributed by atoms with Crippen LogP contribution in [0, 0.1) is 0 Å². The molecular formula is C56H112N2. The van der Waals surface area contributed by atoms with Gasteiger partial charge in [0.05, 0.1) is 0 Å². The van der Waals surface area contributed by atoms with Crippen molar-refractivity contribution in [1.82, 2.24) is 9.80 Å². The quantitative estimate of drug-likeness (QED) is 0.0565. The summed E-state index contributed by atoms with van der Waals surface area (Å²) < 4.78 is 0. The highest BCUT2D eigenvalue weighted by atomic mass is 15.4. The summed E-state index contributed by atoms with van der Waals surface area (Å²) in [6.07, 6.45) is 75.3. The second kappa shape index (κ2) is 47.4. The van der Waals surface area contributed by atoms with Gasteiger partial charge in [0.15, 0.2) is 0 Å². The fourth-order valence-electron chi connectivity index (χ4n) is 9.72. The lowest BCUT2D eigenvalue weighted by Gasteiger charge is -2.33. The Hall–Kier alpha value is -0.660. The van der Waals surface area contributed by atoms with Gasteiger partial charge in [-0.05, 0) is 25.7 Å². The average Bonchev–Trinajstić information content (AvgIpc) is 3.62. The molecule has 1 aliphatic rings. The minimum Gasteiger partial charge on any atom is -0.356 e. The van der Waals surface area contributed by atoms with Crippen molar-refractivity contribution in [2.24, 2.45) is 0 Å². The maximum atomic E-state index is 2.75. The van der Waals surface area contributed by atoms with Crippen LogP contribution in [0.3, 0.4) is 0 Å². The second-order valence-corrected chi connectivity index (χ2v) is 19.6. The smallest absolute Gasteiger partial charge is 0.101 e. The Morgan fingerprint density at radius 1 is 0.224 bits per heavy atom. The van der Waals surface area contributed by atoms with E-state index >= 15 is 0 Å². The molecule has 0 fully saturated rings. The van der Waals surface area contributed by atoms with Gasteiger partial charge in [0, 0.05) is 25.5 Å². The van der Waals surface area contributed by atoms with Gasteiger partial charge in [0.25, 0.3) is 0 Å². The summed E-state index contributed by atoms with van der Waals surface area (Å²) in [6, 6.07) is 0. The fourth-order valence-corrected chi connectivity index (χ4v) is 9.72. The van der Waals surface area contributed by atoms with Gasteiger partial charge in [-0.1, -0.05) is 303 Å². The van der Waals surface area contributed by atoms with Crippen molar-refractivity contribution in [3.8, 4) is 0 Å². The van der Waals surface area contributed by atoms with Gasteiger partial charge < -0.3 is 9.80 Å². The molecule has 346 valence electrons. The molecular weight excluding hydrogens is 701 g/mol. The highest BCUT2D eigenvalue weighted by Crippen LogP contribution is 2.25. The Morgan fingerprint density at radius 2 is 0.397 bits per heavy atom. The van der Waals surface area contributed by atoms with E-state index < -0.39 is 0 Å². The zero-order valence-electron chi connectivity index (χ0n) is 41.0. The lowest BCUT2D eigenvalue weighted by Crippen LogP contribution is -2.39. The van der Waals surface area contributed by atoms with Crippen LogP contribution in [-0.4, -0.2) is 29.1 Å². The molecule has 0 amide bonds. The Kier molecular flexibility index (Phi) is 45.2. The number of hydrogen-bond donors (Lipinski definition) is 0. The summed E-state index contributed by atoms with van der Waals surface area (Å²) in [5, 5.41) is 0. The first-order valence-electron chi connectivity index (χ1n) is 28.0. The molecule has 0 aromatic heterocycles. The normalized spacial score (nSPS) is 13.2. The molecule has 0 saturated heterocycles. The molecule has 0 aromatic carbocycles. The van der Waals surface area contributed by atoms with Gasteiger partial charge in [-0.2, -0.15) is 0 Å². The molecule has 2 heteroatoms. The number of hydrogen-bond acceptors (Lipinski definition) is 2. The first-order valence-corrected chi connectivity index (χ1v) is 28.0. The summed E-state index contributed by atoms with van der Waals surface area (Å²) >= 11 is 0. The van der Waals surface area contributed by atoms with E-state index in [1.807, 2.05) is 0 Å². The van der Waals surface area contributed by atoms with Crippen LogP contribution in [-0.2, 0) is 0 Å². The van der Waals surface area contributed by atoms with Crippen LogP contribution >= 0.6 is 0 Å². The molecule has 0 spiro atoms. The molecule has 1 rings (SSSR count). The van der Waals surface area contributed by atoms with E-state index in [1.54, 1.807) is 0 Å². The average molecular weight is 814 g/mol. The summed E-state index contributed by atoms with van der Waals surface area (Å²) in [5.41, 5.74) is 0. The molecule has 0 atom stereocenters. The predicted octanol–water partition coefficient (Wildman–Crippen LogP) is 20.2. The van der Waals surface area contributed by atoms with Crippen LogP contribution < -0.4 is 0 Å². The van der Waals surface area contributed by atoms with Crippen molar-refractivity contribution in [2.75, 3.05) is 13.1 Å². The van der Waals surface area contributed by atoms with Crippen LogP contribution in [0.1, 0.15) is 329 Å². The maximum absolute atomic E-state index is 2.75. The summed E-state index contributed by atoms with van der Waals surface area (Å²) in [4.78, 5) is 5.50. The van der Waals surface area contributed by atoms with E-state index in [0.717, 1.165) is 0 Å². The zero-order valence-corrected chi connectivity index (χ0v) is 41.0. The predicted molar refractivity (Wildman–Crippen MR) is 265 cm³/mol. The minimum absolute atomic E-state index is 0.634. The Labute approximate surface area is 369 Å². The first-order chi connectivity index (χ1) is 28.8. The molecule has 0 aliphatic carbocycles.